The van der Waals surface area contributed by atoms with Gasteiger partial charge in [-0.15, -0.1) is 11.3 Å². The summed E-state index contributed by atoms with van der Waals surface area (Å²) < 4.78 is 34.0. The zero-order valence-electron chi connectivity index (χ0n) is 19.7. The molecule has 0 aliphatic carbocycles. The SMILES string of the molecule is COc1ccc2[nH]c(=O)c3sccc3c2c1-c1ccc(C(C)(O)CS(=O)(=O)NC(C)(C)C)cc1. The summed E-state index contributed by atoms with van der Waals surface area (Å²) in [6.07, 6.45) is 0. The molecule has 0 saturated heterocycles. The van der Waals surface area contributed by atoms with Gasteiger partial charge in [0.15, 0.2) is 0 Å². The van der Waals surface area contributed by atoms with Gasteiger partial charge in [0.25, 0.3) is 5.56 Å². The van der Waals surface area contributed by atoms with E-state index in [-0.39, 0.29) is 5.56 Å². The number of rotatable bonds is 6. The number of thiophene rings is 1. The average Bonchev–Trinajstić information content (AvgIpc) is 3.21. The van der Waals surface area contributed by atoms with Crippen LogP contribution in [0.4, 0.5) is 0 Å². The highest BCUT2D eigenvalue weighted by Gasteiger charge is 2.32. The van der Waals surface area contributed by atoms with Crippen molar-refractivity contribution < 1.29 is 18.3 Å². The molecule has 180 valence electrons. The lowest BCUT2D eigenvalue weighted by Gasteiger charge is -2.27. The van der Waals surface area contributed by atoms with Gasteiger partial charge >= 0.3 is 0 Å². The third-order valence-corrected chi connectivity index (χ3v) is 8.28. The van der Waals surface area contributed by atoms with Gasteiger partial charge in [0, 0.05) is 27.4 Å². The van der Waals surface area contributed by atoms with Gasteiger partial charge in [-0.2, -0.15) is 0 Å². The summed E-state index contributed by atoms with van der Waals surface area (Å²) in [4.78, 5) is 15.4. The number of H-pyrrole nitrogens is 1. The van der Waals surface area contributed by atoms with Crippen molar-refractivity contribution in [1.29, 1.82) is 0 Å². The van der Waals surface area contributed by atoms with Gasteiger partial charge in [0.1, 0.15) is 16.1 Å². The molecule has 0 spiro atoms. The predicted octanol–water partition coefficient (Wildman–Crippen LogP) is 4.34. The Kier molecular flexibility index (Phi) is 6.10. The molecule has 2 heterocycles. The highest BCUT2D eigenvalue weighted by atomic mass is 32.2. The van der Waals surface area contributed by atoms with Crippen LogP contribution < -0.4 is 15.0 Å². The monoisotopic (exact) mass is 500 g/mol. The molecule has 0 saturated carbocycles. The normalized spacial score (nSPS) is 14.4. The Morgan fingerprint density at radius 3 is 2.35 bits per heavy atom. The van der Waals surface area contributed by atoms with E-state index in [1.165, 1.54) is 18.3 Å². The van der Waals surface area contributed by atoms with Gasteiger partial charge < -0.3 is 14.8 Å². The molecule has 7 nitrogen and oxygen atoms in total. The molecule has 1 atom stereocenters. The quantitative estimate of drug-likeness (QED) is 0.365. The molecule has 9 heteroatoms. The zero-order valence-corrected chi connectivity index (χ0v) is 21.4. The van der Waals surface area contributed by atoms with E-state index < -0.39 is 26.9 Å². The fraction of sp³-hybridized carbons (Fsp3) is 0.320. The number of fused-ring (bicyclic) bond motifs is 3. The van der Waals surface area contributed by atoms with E-state index in [0.717, 1.165) is 21.9 Å². The first-order chi connectivity index (χ1) is 15.8. The molecular weight excluding hydrogens is 472 g/mol. The van der Waals surface area contributed by atoms with Crippen LogP contribution in [0.3, 0.4) is 0 Å². The third kappa shape index (κ3) is 4.74. The Morgan fingerprint density at radius 1 is 1.06 bits per heavy atom. The van der Waals surface area contributed by atoms with Crippen LogP contribution in [0.25, 0.3) is 32.1 Å². The maximum Gasteiger partial charge on any atom is 0.266 e. The maximum absolute atomic E-state index is 12.6. The third-order valence-electron chi connectivity index (χ3n) is 5.50. The average molecular weight is 501 g/mol. The highest BCUT2D eigenvalue weighted by molar-refractivity contribution is 7.89. The Balaban J connectivity index is 1.80. The van der Waals surface area contributed by atoms with Crippen molar-refractivity contribution >= 4 is 42.3 Å². The van der Waals surface area contributed by atoms with Crippen molar-refractivity contribution in [3.05, 3.63) is 63.8 Å². The number of benzene rings is 2. The zero-order chi connectivity index (χ0) is 24.9. The number of sulfonamides is 1. The number of aliphatic hydroxyl groups is 1. The Bertz CT molecular complexity index is 1530. The molecule has 2 aromatic carbocycles. The highest BCUT2D eigenvalue weighted by Crippen LogP contribution is 2.40. The van der Waals surface area contributed by atoms with Gasteiger partial charge in [-0.3, -0.25) is 4.79 Å². The second kappa shape index (κ2) is 8.49. The number of hydrogen-bond acceptors (Lipinski definition) is 6. The number of nitrogens with one attached hydrogen (secondary N) is 2. The van der Waals surface area contributed by atoms with Gasteiger partial charge in [-0.05, 0) is 62.4 Å². The van der Waals surface area contributed by atoms with E-state index in [1.807, 2.05) is 29.6 Å². The molecule has 2 aromatic heterocycles. The lowest BCUT2D eigenvalue weighted by molar-refractivity contribution is 0.0815. The van der Waals surface area contributed by atoms with Crippen LogP contribution in [0.5, 0.6) is 5.75 Å². The van der Waals surface area contributed by atoms with E-state index in [1.54, 1.807) is 46.1 Å². The summed E-state index contributed by atoms with van der Waals surface area (Å²) in [6.45, 7) is 6.75. The van der Waals surface area contributed by atoms with Gasteiger partial charge in [-0.25, -0.2) is 13.1 Å². The molecule has 0 fully saturated rings. The first-order valence-corrected chi connectivity index (χ1v) is 13.3. The van der Waals surface area contributed by atoms with Gasteiger partial charge in [0.2, 0.25) is 10.0 Å². The van der Waals surface area contributed by atoms with Crippen molar-refractivity contribution in [2.24, 2.45) is 0 Å². The fourth-order valence-corrected chi connectivity index (χ4v) is 6.94. The molecule has 0 radical (unpaired) electrons. The van der Waals surface area contributed by atoms with Crippen LogP contribution in [0.15, 0.2) is 52.6 Å². The van der Waals surface area contributed by atoms with Crippen molar-refractivity contribution in [2.45, 2.75) is 38.8 Å². The number of aromatic amines is 1. The minimum atomic E-state index is -3.72. The van der Waals surface area contributed by atoms with Crippen LogP contribution in [-0.2, 0) is 15.6 Å². The molecule has 1 unspecified atom stereocenters. The summed E-state index contributed by atoms with van der Waals surface area (Å²) in [5.74, 6) is 0.175. The number of hydrogen-bond donors (Lipinski definition) is 3. The van der Waals surface area contributed by atoms with Crippen molar-refractivity contribution in [3.63, 3.8) is 0 Å². The molecule has 4 aromatic rings. The second-order valence-electron chi connectivity index (χ2n) is 9.65. The van der Waals surface area contributed by atoms with Crippen LogP contribution in [-0.4, -0.2) is 36.9 Å². The van der Waals surface area contributed by atoms with E-state index in [2.05, 4.69) is 9.71 Å². The topological polar surface area (TPSA) is 108 Å². The number of pyridine rings is 1. The Morgan fingerprint density at radius 2 is 1.74 bits per heavy atom. The predicted molar refractivity (Wildman–Crippen MR) is 138 cm³/mol. The maximum atomic E-state index is 12.6. The van der Waals surface area contributed by atoms with Gasteiger partial charge in [0.05, 0.1) is 12.9 Å². The smallest absolute Gasteiger partial charge is 0.266 e. The van der Waals surface area contributed by atoms with Crippen LogP contribution in [0, 0.1) is 0 Å². The largest absolute Gasteiger partial charge is 0.496 e. The van der Waals surface area contributed by atoms with Crippen molar-refractivity contribution in [2.75, 3.05) is 12.9 Å². The van der Waals surface area contributed by atoms with E-state index in [0.29, 0.717) is 21.5 Å². The minimum Gasteiger partial charge on any atom is -0.496 e. The van der Waals surface area contributed by atoms with Crippen LogP contribution in [0.1, 0.15) is 33.3 Å². The second-order valence-corrected chi connectivity index (χ2v) is 12.3. The summed E-state index contributed by atoms with van der Waals surface area (Å²) in [5.41, 5.74) is 0.434. The van der Waals surface area contributed by atoms with Crippen molar-refractivity contribution in [3.8, 4) is 16.9 Å². The number of methoxy groups -OCH3 is 1. The molecular formula is C25H28N2O5S2. The van der Waals surface area contributed by atoms with Gasteiger partial charge in [-0.1, -0.05) is 24.3 Å². The molecule has 4 rings (SSSR count). The first kappa shape index (κ1) is 24.4. The number of ether oxygens (including phenoxy) is 1. The molecule has 0 bridgehead atoms. The van der Waals surface area contributed by atoms with Crippen molar-refractivity contribution in [1.82, 2.24) is 9.71 Å². The molecule has 3 N–H and O–H groups in total. The first-order valence-electron chi connectivity index (χ1n) is 10.8. The van der Waals surface area contributed by atoms with E-state index >= 15 is 0 Å². The number of aromatic nitrogens is 1. The Hall–Kier alpha value is -2.72. The molecule has 0 amide bonds. The molecule has 0 aliphatic heterocycles. The van der Waals surface area contributed by atoms with Crippen LogP contribution in [0.2, 0.25) is 0 Å². The minimum absolute atomic E-state index is 0.134. The standard InChI is InChI=1S/C25H28N2O5S2/c1-24(2,3)27-34(30,31)14-25(4,29)16-8-6-15(7-9-16)20-19(32-5)11-10-18-21(20)17-12-13-33-22(17)23(28)26-18/h6-13,27,29H,14H2,1-5H3,(H,26,28). The summed E-state index contributed by atoms with van der Waals surface area (Å²) in [7, 11) is -2.13. The molecule has 0 aliphatic rings. The van der Waals surface area contributed by atoms with Crippen LogP contribution >= 0.6 is 11.3 Å². The molecule has 34 heavy (non-hydrogen) atoms. The van der Waals surface area contributed by atoms with E-state index in [4.69, 9.17) is 4.74 Å². The van der Waals surface area contributed by atoms with E-state index in [9.17, 15) is 18.3 Å². The summed E-state index contributed by atoms with van der Waals surface area (Å²) in [5, 5.41) is 14.6. The fourth-order valence-electron chi connectivity index (χ4n) is 4.24. The lowest BCUT2D eigenvalue weighted by atomic mass is 9.93. The Labute approximate surface area is 202 Å². The summed E-state index contributed by atoms with van der Waals surface area (Å²) >= 11 is 1.38. The summed E-state index contributed by atoms with van der Waals surface area (Å²) in [6, 6.07) is 12.6. The lowest BCUT2D eigenvalue weighted by Crippen LogP contribution is -2.45.